The molecular formula is C21H21BrN2O5S. The molecule has 0 bridgehead atoms. The van der Waals surface area contributed by atoms with Crippen molar-refractivity contribution >= 4 is 42.9 Å². The zero-order chi connectivity index (χ0) is 21.7. The average molecular weight is 493 g/mol. The molecule has 3 aromatic rings. The van der Waals surface area contributed by atoms with Crippen LogP contribution in [0, 0.1) is 0 Å². The van der Waals surface area contributed by atoms with Crippen molar-refractivity contribution in [1.29, 1.82) is 0 Å². The van der Waals surface area contributed by atoms with Crippen LogP contribution in [0.2, 0.25) is 0 Å². The van der Waals surface area contributed by atoms with E-state index < -0.39 is 21.7 Å². The Balaban J connectivity index is 1.73. The van der Waals surface area contributed by atoms with E-state index in [2.05, 4.69) is 21.2 Å². The van der Waals surface area contributed by atoms with Crippen molar-refractivity contribution in [2.24, 2.45) is 0 Å². The third kappa shape index (κ3) is 3.67. The van der Waals surface area contributed by atoms with E-state index in [1.54, 1.807) is 69.3 Å². The topological polar surface area (TPSA) is 86.6 Å². The van der Waals surface area contributed by atoms with Crippen LogP contribution < -0.4 is 10.1 Å². The number of amides is 1. The molecule has 1 aliphatic rings. The van der Waals surface area contributed by atoms with Crippen LogP contribution in [-0.4, -0.2) is 30.7 Å². The third-order valence-electron chi connectivity index (χ3n) is 4.62. The van der Waals surface area contributed by atoms with Crippen LogP contribution in [0.4, 0.5) is 4.79 Å². The van der Waals surface area contributed by atoms with E-state index >= 15 is 0 Å². The summed E-state index contributed by atoms with van der Waals surface area (Å²) < 4.78 is 39.2. The number of nitrogens with zero attached hydrogens (tertiary/aromatic N) is 1. The molecular weight excluding hydrogens is 472 g/mol. The van der Waals surface area contributed by atoms with Gasteiger partial charge in [0, 0.05) is 10.9 Å². The monoisotopic (exact) mass is 492 g/mol. The smallest absolute Gasteiger partial charge is 0.408 e. The van der Waals surface area contributed by atoms with Gasteiger partial charge in [0.15, 0.2) is 0 Å². The lowest BCUT2D eigenvalue weighted by atomic mass is 10.1. The molecule has 1 atom stereocenters. The maximum absolute atomic E-state index is 13.2. The second-order valence-corrected chi connectivity index (χ2v) is 10.6. The van der Waals surface area contributed by atoms with Crippen molar-refractivity contribution < 1.29 is 22.7 Å². The number of benzene rings is 2. The van der Waals surface area contributed by atoms with E-state index in [1.807, 2.05) is 0 Å². The highest BCUT2D eigenvalue weighted by atomic mass is 79.9. The zero-order valence-corrected chi connectivity index (χ0v) is 19.1. The summed E-state index contributed by atoms with van der Waals surface area (Å²) in [5.41, 5.74) is 0.655. The molecule has 2 aromatic carbocycles. The molecule has 9 heteroatoms. The quantitative estimate of drug-likeness (QED) is 0.577. The molecule has 0 spiro atoms. The van der Waals surface area contributed by atoms with Gasteiger partial charge in [0.05, 0.1) is 16.5 Å². The van der Waals surface area contributed by atoms with Gasteiger partial charge in [-0.25, -0.2) is 17.2 Å². The fourth-order valence-corrected chi connectivity index (χ4v) is 5.82. The van der Waals surface area contributed by atoms with E-state index in [9.17, 15) is 13.2 Å². The molecule has 1 aromatic heterocycles. The first-order chi connectivity index (χ1) is 14.1. The Morgan fingerprint density at radius 1 is 1.20 bits per heavy atom. The Hall–Kier alpha value is -2.52. The van der Waals surface area contributed by atoms with E-state index in [0.717, 1.165) is 5.56 Å². The molecule has 0 radical (unpaired) electrons. The standard InChI is InChI=1S/C21H21BrN2O5S/c1-21(2,3)29-20(25)23-16-12-28-19-14(16)9-10-17-15(19)11-18(22)24(17)30(26,27)13-7-5-4-6-8-13/h4-11,16H,12H2,1-3H3,(H,23,25). The van der Waals surface area contributed by atoms with Crippen LogP contribution in [0.25, 0.3) is 10.9 Å². The van der Waals surface area contributed by atoms with E-state index in [4.69, 9.17) is 9.47 Å². The predicted octanol–water partition coefficient (Wildman–Crippen LogP) is 4.60. The Kier molecular flexibility index (Phi) is 5.06. The summed E-state index contributed by atoms with van der Waals surface area (Å²) in [7, 11) is -3.80. The lowest BCUT2D eigenvalue weighted by molar-refractivity contribution is 0.0497. The minimum Gasteiger partial charge on any atom is -0.490 e. The summed E-state index contributed by atoms with van der Waals surface area (Å²) in [6, 6.07) is 13.1. The highest BCUT2D eigenvalue weighted by molar-refractivity contribution is 9.10. The summed E-state index contributed by atoms with van der Waals surface area (Å²) in [5.74, 6) is 0.552. The number of alkyl carbamates (subject to hydrolysis) is 1. The molecule has 1 amide bonds. The van der Waals surface area contributed by atoms with Gasteiger partial charge in [-0.05, 0) is 61.0 Å². The van der Waals surface area contributed by atoms with Crippen molar-refractivity contribution in [2.75, 3.05) is 6.61 Å². The Morgan fingerprint density at radius 2 is 1.90 bits per heavy atom. The normalized spacial score (nSPS) is 16.2. The molecule has 0 fully saturated rings. The zero-order valence-electron chi connectivity index (χ0n) is 16.7. The van der Waals surface area contributed by atoms with Gasteiger partial charge in [-0.2, -0.15) is 0 Å². The molecule has 0 saturated heterocycles. The van der Waals surface area contributed by atoms with Crippen molar-refractivity contribution in [3.63, 3.8) is 0 Å². The summed E-state index contributed by atoms with van der Waals surface area (Å²) in [5, 5.41) is 3.46. The van der Waals surface area contributed by atoms with Gasteiger partial charge in [-0.15, -0.1) is 0 Å². The molecule has 0 aliphatic carbocycles. The largest absolute Gasteiger partial charge is 0.490 e. The van der Waals surface area contributed by atoms with Gasteiger partial charge in [0.25, 0.3) is 10.0 Å². The molecule has 1 aliphatic heterocycles. The Bertz CT molecular complexity index is 1230. The van der Waals surface area contributed by atoms with Gasteiger partial charge >= 0.3 is 6.09 Å². The molecule has 4 rings (SSSR count). The molecule has 1 unspecified atom stereocenters. The first kappa shape index (κ1) is 20.7. The maximum atomic E-state index is 13.2. The van der Waals surface area contributed by atoms with Gasteiger partial charge in [-0.1, -0.05) is 24.3 Å². The van der Waals surface area contributed by atoms with Crippen molar-refractivity contribution in [3.8, 4) is 5.75 Å². The summed E-state index contributed by atoms with van der Waals surface area (Å²) in [6.45, 7) is 5.62. The molecule has 7 nitrogen and oxygen atoms in total. The molecule has 158 valence electrons. The predicted molar refractivity (Wildman–Crippen MR) is 116 cm³/mol. The fraction of sp³-hybridized carbons (Fsp3) is 0.286. The number of ether oxygens (including phenoxy) is 2. The highest BCUT2D eigenvalue weighted by Gasteiger charge is 2.31. The van der Waals surface area contributed by atoms with Crippen molar-refractivity contribution in [2.45, 2.75) is 37.3 Å². The summed E-state index contributed by atoms with van der Waals surface area (Å²) >= 11 is 3.38. The second kappa shape index (κ2) is 7.31. The van der Waals surface area contributed by atoms with E-state index in [-0.39, 0.29) is 17.5 Å². The second-order valence-electron chi connectivity index (χ2n) is 7.98. The van der Waals surface area contributed by atoms with Crippen LogP contribution in [0.15, 0.2) is 58.0 Å². The molecule has 1 N–H and O–H groups in total. The third-order valence-corrected chi connectivity index (χ3v) is 7.18. The Labute approximate surface area is 183 Å². The number of halogens is 1. The van der Waals surface area contributed by atoms with Crippen LogP contribution >= 0.6 is 15.9 Å². The number of fused-ring (bicyclic) bond motifs is 3. The minimum absolute atomic E-state index is 0.189. The molecule has 0 saturated carbocycles. The fourth-order valence-electron chi connectivity index (χ4n) is 3.42. The highest BCUT2D eigenvalue weighted by Crippen LogP contribution is 2.42. The van der Waals surface area contributed by atoms with Crippen molar-refractivity contribution in [1.82, 2.24) is 9.29 Å². The molecule has 30 heavy (non-hydrogen) atoms. The number of nitrogens with one attached hydrogen (secondary N) is 1. The SMILES string of the molecule is CC(C)(C)OC(=O)NC1COc2c1ccc1c2cc(Br)n1S(=O)(=O)c1ccccc1. The first-order valence-corrected chi connectivity index (χ1v) is 11.6. The maximum Gasteiger partial charge on any atom is 0.408 e. The minimum atomic E-state index is -3.80. The van der Waals surface area contributed by atoms with Gasteiger partial charge in [-0.3, -0.25) is 0 Å². The van der Waals surface area contributed by atoms with E-state index in [0.29, 0.717) is 21.3 Å². The Morgan fingerprint density at radius 3 is 2.57 bits per heavy atom. The van der Waals surface area contributed by atoms with Gasteiger partial charge in [0.2, 0.25) is 0 Å². The van der Waals surface area contributed by atoms with Gasteiger partial charge in [0.1, 0.15) is 22.6 Å². The lowest BCUT2D eigenvalue weighted by Crippen LogP contribution is -2.35. The lowest BCUT2D eigenvalue weighted by Gasteiger charge is -2.21. The van der Waals surface area contributed by atoms with E-state index in [1.165, 1.54) is 3.97 Å². The van der Waals surface area contributed by atoms with Crippen LogP contribution in [0.1, 0.15) is 32.4 Å². The number of hydrogen-bond donors (Lipinski definition) is 1. The molecule has 2 heterocycles. The summed E-state index contributed by atoms with van der Waals surface area (Å²) in [6.07, 6.45) is -0.533. The van der Waals surface area contributed by atoms with Crippen LogP contribution in [0.5, 0.6) is 5.75 Å². The summed E-state index contributed by atoms with van der Waals surface area (Å²) in [4.78, 5) is 12.3. The number of aromatic nitrogens is 1. The number of carbonyl (C=O) groups excluding carboxylic acids is 1. The first-order valence-electron chi connectivity index (χ1n) is 9.35. The number of hydrogen-bond acceptors (Lipinski definition) is 5. The van der Waals surface area contributed by atoms with Gasteiger partial charge < -0.3 is 14.8 Å². The number of rotatable bonds is 3. The van der Waals surface area contributed by atoms with Crippen molar-refractivity contribution in [3.05, 3.63) is 58.7 Å². The van der Waals surface area contributed by atoms with Crippen LogP contribution in [-0.2, 0) is 14.8 Å². The average Bonchev–Trinajstić information content (AvgIpc) is 3.21. The van der Waals surface area contributed by atoms with Crippen LogP contribution in [0.3, 0.4) is 0 Å². The number of carbonyl (C=O) groups is 1.